The van der Waals surface area contributed by atoms with E-state index in [0.29, 0.717) is 0 Å². The van der Waals surface area contributed by atoms with Crippen molar-refractivity contribution in [1.82, 2.24) is 4.98 Å². The van der Waals surface area contributed by atoms with Crippen molar-refractivity contribution in [2.75, 3.05) is 23.3 Å². The molecule has 0 fully saturated rings. The molecule has 0 aliphatic carbocycles. The second-order valence-corrected chi connectivity index (χ2v) is 5.28. The van der Waals surface area contributed by atoms with E-state index in [0.717, 1.165) is 38.3 Å². The van der Waals surface area contributed by atoms with Crippen LogP contribution in [0.4, 0.5) is 11.5 Å². The van der Waals surface area contributed by atoms with Crippen molar-refractivity contribution in [3.63, 3.8) is 0 Å². The molecule has 2 aromatic rings. The van der Waals surface area contributed by atoms with Crippen LogP contribution in [-0.4, -0.2) is 18.1 Å². The lowest BCUT2D eigenvalue weighted by Crippen LogP contribution is -2.19. The van der Waals surface area contributed by atoms with Crippen molar-refractivity contribution in [3.8, 4) is 0 Å². The normalized spacial score (nSPS) is 13.3. The van der Waals surface area contributed by atoms with Crippen molar-refractivity contribution in [2.24, 2.45) is 0 Å². The molecule has 1 aliphatic rings. The molecule has 1 aliphatic heterocycles. The molecule has 1 aromatic heterocycles. The van der Waals surface area contributed by atoms with Gasteiger partial charge in [-0.15, -0.1) is 0 Å². The first-order chi connectivity index (χ1) is 9.86. The molecule has 0 atom stereocenters. The molecule has 1 N–H and O–H groups in total. The largest absolute Gasteiger partial charge is 0.370 e. The lowest BCUT2D eigenvalue weighted by molar-refractivity contribution is 0.834. The highest BCUT2D eigenvalue weighted by atomic mass is 15.1. The minimum atomic E-state index is 0.959. The zero-order valence-corrected chi connectivity index (χ0v) is 12.0. The van der Waals surface area contributed by atoms with E-state index in [4.69, 9.17) is 0 Å². The van der Waals surface area contributed by atoms with Crippen molar-refractivity contribution in [1.29, 1.82) is 0 Å². The molecule has 0 amide bonds. The molecule has 2 heterocycles. The number of benzene rings is 1. The maximum Gasteiger partial charge on any atom is 0.126 e. The quantitative estimate of drug-likeness (QED) is 0.899. The van der Waals surface area contributed by atoms with Gasteiger partial charge >= 0.3 is 0 Å². The number of para-hydroxylation sites is 1. The minimum absolute atomic E-state index is 0.959. The van der Waals surface area contributed by atoms with Crippen molar-refractivity contribution in [2.45, 2.75) is 26.3 Å². The maximum atomic E-state index is 4.37. The highest BCUT2D eigenvalue weighted by Crippen LogP contribution is 2.28. The summed E-state index contributed by atoms with van der Waals surface area (Å²) in [6.07, 6.45) is 4.17. The van der Waals surface area contributed by atoms with Crippen molar-refractivity contribution >= 4 is 11.5 Å². The predicted molar refractivity (Wildman–Crippen MR) is 84.2 cm³/mol. The number of nitrogens with zero attached hydrogens (tertiary/aromatic N) is 2. The lowest BCUT2D eigenvalue weighted by atomic mass is 10.2. The third-order valence-corrected chi connectivity index (χ3v) is 3.74. The molecule has 0 unspecified atom stereocenters. The van der Waals surface area contributed by atoms with Crippen LogP contribution in [0, 0.1) is 0 Å². The van der Waals surface area contributed by atoms with E-state index >= 15 is 0 Å². The highest BCUT2D eigenvalue weighted by molar-refractivity contribution is 5.58. The van der Waals surface area contributed by atoms with Gasteiger partial charge in [0.25, 0.3) is 0 Å². The van der Waals surface area contributed by atoms with E-state index in [1.165, 1.54) is 16.8 Å². The summed E-state index contributed by atoms with van der Waals surface area (Å²) in [6, 6.07) is 13.0. The molecule has 3 heteroatoms. The van der Waals surface area contributed by atoms with Gasteiger partial charge in [0.2, 0.25) is 0 Å². The molecule has 0 spiro atoms. The van der Waals surface area contributed by atoms with E-state index in [1.54, 1.807) is 0 Å². The Balaban J connectivity index is 1.72. The average Bonchev–Trinajstić information content (AvgIpc) is 2.89. The standard InChI is InChI=1S/C17H21N3/c1-2-9-18-17-12-14(7-10-19-17)13-20-11-8-15-5-3-4-6-16(15)20/h3-7,10,12H,2,8-9,11,13H2,1H3,(H,18,19). The van der Waals surface area contributed by atoms with E-state index in [2.05, 4.69) is 58.5 Å². The summed E-state index contributed by atoms with van der Waals surface area (Å²) in [7, 11) is 0. The molecule has 0 radical (unpaired) electrons. The van der Waals surface area contributed by atoms with Crippen LogP contribution in [0.1, 0.15) is 24.5 Å². The summed E-state index contributed by atoms with van der Waals surface area (Å²) in [4.78, 5) is 6.82. The molecule has 3 nitrogen and oxygen atoms in total. The topological polar surface area (TPSA) is 28.2 Å². The van der Waals surface area contributed by atoms with Gasteiger partial charge in [0, 0.05) is 31.5 Å². The van der Waals surface area contributed by atoms with E-state index in [-0.39, 0.29) is 0 Å². The first-order valence-electron chi connectivity index (χ1n) is 7.38. The number of anilines is 2. The highest BCUT2D eigenvalue weighted by Gasteiger charge is 2.18. The molecule has 1 aromatic carbocycles. The third-order valence-electron chi connectivity index (χ3n) is 3.74. The van der Waals surface area contributed by atoms with E-state index in [9.17, 15) is 0 Å². The molecule has 0 saturated carbocycles. The fourth-order valence-corrected chi connectivity index (χ4v) is 2.71. The number of pyridine rings is 1. The zero-order chi connectivity index (χ0) is 13.8. The van der Waals surface area contributed by atoms with E-state index < -0.39 is 0 Å². The minimum Gasteiger partial charge on any atom is -0.370 e. The monoisotopic (exact) mass is 267 g/mol. The molecule has 0 saturated heterocycles. The van der Waals surface area contributed by atoms with Gasteiger partial charge < -0.3 is 10.2 Å². The molecule has 104 valence electrons. The maximum absolute atomic E-state index is 4.37. The molecule has 3 rings (SSSR count). The molecular weight excluding hydrogens is 246 g/mol. The Morgan fingerprint density at radius 1 is 1.25 bits per heavy atom. The van der Waals surface area contributed by atoms with Crippen LogP contribution < -0.4 is 10.2 Å². The van der Waals surface area contributed by atoms with Gasteiger partial charge in [0.15, 0.2) is 0 Å². The Bertz CT molecular complexity index is 580. The summed E-state index contributed by atoms with van der Waals surface area (Å²) in [5.41, 5.74) is 4.16. The van der Waals surface area contributed by atoms with Gasteiger partial charge in [-0.1, -0.05) is 25.1 Å². The fraction of sp³-hybridized carbons (Fsp3) is 0.353. The summed E-state index contributed by atoms with van der Waals surface area (Å²) in [5, 5.41) is 3.35. The first-order valence-corrected chi connectivity index (χ1v) is 7.38. The number of aromatic nitrogens is 1. The van der Waals surface area contributed by atoms with Gasteiger partial charge in [-0.3, -0.25) is 0 Å². The van der Waals surface area contributed by atoms with Crippen LogP contribution in [0.2, 0.25) is 0 Å². The number of hydrogen-bond acceptors (Lipinski definition) is 3. The second-order valence-electron chi connectivity index (χ2n) is 5.28. The summed E-state index contributed by atoms with van der Waals surface area (Å²) in [5.74, 6) is 0.983. The van der Waals surface area contributed by atoms with Gasteiger partial charge in [-0.05, 0) is 42.2 Å². The average molecular weight is 267 g/mol. The van der Waals surface area contributed by atoms with Crippen molar-refractivity contribution < 1.29 is 0 Å². The Hall–Kier alpha value is -2.03. The summed E-state index contributed by atoms with van der Waals surface area (Å²) < 4.78 is 0. The Morgan fingerprint density at radius 2 is 2.15 bits per heavy atom. The van der Waals surface area contributed by atoms with Crippen LogP contribution in [0.3, 0.4) is 0 Å². The number of nitrogens with one attached hydrogen (secondary N) is 1. The SMILES string of the molecule is CCCNc1cc(CN2CCc3ccccc32)ccn1. The number of fused-ring (bicyclic) bond motifs is 1. The smallest absolute Gasteiger partial charge is 0.126 e. The van der Waals surface area contributed by atoms with Crippen LogP contribution in [0.5, 0.6) is 0 Å². The summed E-state index contributed by atoms with van der Waals surface area (Å²) in [6.45, 7) is 5.21. The number of hydrogen-bond donors (Lipinski definition) is 1. The van der Waals surface area contributed by atoms with Crippen molar-refractivity contribution in [3.05, 3.63) is 53.7 Å². The van der Waals surface area contributed by atoms with E-state index in [1.807, 2.05) is 6.20 Å². The molecular formula is C17H21N3. The van der Waals surface area contributed by atoms with Crippen LogP contribution >= 0.6 is 0 Å². The Labute approximate surface area is 120 Å². The van der Waals surface area contributed by atoms with Gasteiger partial charge in [0.05, 0.1) is 0 Å². The Kier molecular flexibility index (Phi) is 3.86. The third kappa shape index (κ3) is 2.77. The molecule has 0 bridgehead atoms. The zero-order valence-electron chi connectivity index (χ0n) is 12.0. The number of rotatable bonds is 5. The van der Waals surface area contributed by atoms with Gasteiger partial charge in [0.1, 0.15) is 5.82 Å². The van der Waals surface area contributed by atoms with Crippen LogP contribution in [0.25, 0.3) is 0 Å². The Morgan fingerprint density at radius 3 is 3.05 bits per heavy atom. The van der Waals surface area contributed by atoms with Gasteiger partial charge in [-0.2, -0.15) is 0 Å². The second kappa shape index (κ2) is 5.95. The predicted octanol–water partition coefficient (Wildman–Crippen LogP) is 3.47. The lowest BCUT2D eigenvalue weighted by Gasteiger charge is -2.19. The van der Waals surface area contributed by atoms with Crippen LogP contribution in [-0.2, 0) is 13.0 Å². The van der Waals surface area contributed by atoms with Crippen LogP contribution in [0.15, 0.2) is 42.6 Å². The summed E-state index contributed by atoms with van der Waals surface area (Å²) >= 11 is 0. The molecule has 20 heavy (non-hydrogen) atoms. The van der Waals surface area contributed by atoms with Gasteiger partial charge in [-0.25, -0.2) is 4.98 Å². The fourth-order valence-electron chi connectivity index (χ4n) is 2.71. The first kappa shape index (κ1) is 13.0.